The van der Waals surface area contributed by atoms with E-state index < -0.39 is 23.6 Å². The van der Waals surface area contributed by atoms with Crippen LogP contribution in [0.4, 0.5) is 11.4 Å². The summed E-state index contributed by atoms with van der Waals surface area (Å²) in [5.74, 6) is -1.89. The molecule has 0 fully saturated rings. The second kappa shape index (κ2) is 11.8. The lowest BCUT2D eigenvalue weighted by atomic mass is 9.82. The smallest absolute Gasteiger partial charge is 0.266 e. The average molecular weight is 764 g/mol. The minimum absolute atomic E-state index is 0.279. The van der Waals surface area contributed by atoms with Crippen LogP contribution in [0.1, 0.15) is 41.4 Å². The first-order chi connectivity index (χ1) is 27.3. The highest BCUT2D eigenvalue weighted by Crippen LogP contribution is 2.51. The third kappa shape index (κ3) is 4.39. The summed E-state index contributed by atoms with van der Waals surface area (Å²) in [5, 5.41) is 5.31. The van der Waals surface area contributed by atoms with E-state index in [1.165, 1.54) is 9.80 Å². The molecule has 0 N–H and O–H groups in total. The van der Waals surface area contributed by atoms with Gasteiger partial charge in [-0.25, -0.2) is 9.80 Å². The molecule has 6 nitrogen and oxygen atoms in total. The molecule has 56 heavy (non-hydrogen) atoms. The Labute approximate surface area is 329 Å². The number of benzene rings is 9. The number of carbonyl (C=O) groups is 4. The molecule has 0 spiro atoms. The topological polar surface area (TPSA) is 74.8 Å². The van der Waals surface area contributed by atoms with Crippen molar-refractivity contribution in [3.63, 3.8) is 0 Å². The molecule has 0 bridgehead atoms. The summed E-state index contributed by atoms with van der Waals surface area (Å²) in [5.41, 5.74) is 6.13. The van der Waals surface area contributed by atoms with Crippen molar-refractivity contribution in [2.24, 2.45) is 0 Å². The minimum Gasteiger partial charge on any atom is -0.268 e. The molecule has 9 aromatic carbocycles. The zero-order chi connectivity index (χ0) is 38.0. The van der Waals surface area contributed by atoms with Crippen LogP contribution in [0.25, 0.3) is 65.3 Å². The summed E-state index contributed by atoms with van der Waals surface area (Å²) in [6.07, 6.45) is 0. The van der Waals surface area contributed by atoms with Gasteiger partial charge in [0.1, 0.15) is 0 Å². The Bertz CT molecular complexity index is 3090. The van der Waals surface area contributed by atoms with Gasteiger partial charge in [-0.1, -0.05) is 120 Å². The molecule has 9 aromatic rings. The fourth-order valence-electron chi connectivity index (χ4n) is 8.71. The molecule has 8 heteroatoms. The first kappa shape index (κ1) is 32.6. The molecular weight excluding hydrogens is 739 g/mol. The van der Waals surface area contributed by atoms with Crippen molar-refractivity contribution in [2.75, 3.05) is 9.80 Å². The van der Waals surface area contributed by atoms with Gasteiger partial charge in [-0.2, -0.15) is 0 Å². The van der Waals surface area contributed by atoms with Gasteiger partial charge >= 0.3 is 0 Å². The van der Waals surface area contributed by atoms with Crippen molar-refractivity contribution in [3.05, 3.63) is 178 Å². The Morgan fingerprint density at radius 3 is 1.09 bits per heavy atom. The van der Waals surface area contributed by atoms with Gasteiger partial charge < -0.3 is 0 Å². The SMILES string of the molecule is O=C1c2ccc3c4c(Cl)cc5c6c(cc(Cl)c(c7ccc(c2c37)C(=O)N1c1ccc(-c2ccccc2)cc1)c64)C(=O)N(c1ccc(-c2ccccc2)cc1)C5=O. The van der Waals surface area contributed by atoms with E-state index in [9.17, 15) is 19.2 Å². The van der Waals surface area contributed by atoms with Crippen LogP contribution < -0.4 is 9.80 Å². The van der Waals surface area contributed by atoms with E-state index in [0.717, 1.165) is 22.3 Å². The molecule has 0 saturated heterocycles. The van der Waals surface area contributed by atoms with E-state index in [-0.39, 0.29) is 21.2 Å². The second-order valence-corrected chi connectivity index (χ2v) is 14.9. The van der Waals surface area contributed by atoms with Gasteiger partial charge in [0, 0.05) is 48.1 Å². The molecule has 11 rings (SSSR count). The molecule has 0 aromatic heterocycles. The maximum atomic E-state index is 14.4. The molecule has 2 heterocycles. The Balaban J connectivity index is 1.07. The zero-order valence-corrected chi connectivity index (χ0v) is 30.7. The Morgan fingerprint density at radius 1 is 0.321 bits per heavy atom. The monoisotopic (exact) mass is 762 g/mol. The number of hydrogen-bond acceptors (Lipinski definition) is 4. The average Bonchev–Trinajstić information content (AvgIpc) is 3.23. The van der Waals surface area contributed by atoms with Gasteiger partial charge in [-0.15, -0.1) is 0 Å². The van der Waals surface area contributed by atoms with E-state index >= 15 is 0 Å². The number of amides is 4. The number of nitrogens with zero attached hydrogens (tertiary/aromatic N) is 2. The number of anilines is 2. The van der Waals surface area contributed by atoms with Crippen molar-refractivity contribution in [1.29, 1.82) is 0 Å². The van der Waals surface area contributed by atoms with E-state index in [1.807, 2.05) is 97.1 Å². The van der Waals surface area contributed by atoms with Crippen LogP contribution in [-0.4, -0.2) is 23.6 Å². The van der Waals surface area contributed by atoms with Crippen LogP contribution >= 0.6 is 23.2 Å². The van der Waals surface area contributed by atoms with Gasteiger partial charge in [0.05, 0.1) is 22.5 Å². The van der Waals surface area contributed by atoms with Crippen LogP contribution in [0, 0.1) is 0 Å². The zero-order valence-electron chi connectivity index (χ0n) is 29.1. The normalized spacial score (nSPS) is 14.0. The number of fused-ring (bicyclic) bond motifs is 2. The van der Waals surface area contributed by atoms with Crippen molar-refractivity contribution >= 4 is 101 Å². The molecule has 0 aliphatic carbocycles. The highest BCUT2D eigenvalue weighted by molar-refractivity contribution is 6.52. The maximum absolute atomic E-state index is 14.4. The first-order valence-electron chi connectivity index (χ1n) is 18.0. The maximum Gasteiger partial charge on any atom is 0.266 e. The third-order valence-electron chi connectivity index (χ3n) is 11.2. The Hall–Kier alpha value is -6.86. The van der Waals surface area contributed by atoms with E-state index in [4.69, 9.17) is 23.2 Å². The standard InChI is InChI=1S/C48H24Cl2N2O4/c49-37-23-35-41-36(48(56)52(47(35)55)30-17-13-28(14-18-30)26-9-5-2-6-10-26)24-38(50)43-32-20-22-34-40-33(21-19-31(39(32)40)42(37)44(41)43)45(53)51(46(34)54)29-15-11-27(12-16-29)25-7-3-1-4-8-25/h1-24H. The fraction of sp³-hybridized carbons (Fsp3) is 0. The molecule has 0 unspecified atom stereocenters. The number of imide groups is 2. The minimum atomic E-state index is -0.499. The number of rotatable bonds is 4. The predicted molar refractivity (Wildman–Crippen MR) is 224 cm³/mol. The quantitative estimate of drug-likeness (QED) is 0.102. The molecular formula is C48H24Cl2N2O4. The van der Waals surface area contributed by atoms with Crippen molar-refractivity contribution in [1.82, 2.24) is 0 Å². The summed E-state index contributed by atoms with van der Waals surface area (Å²) in [6.45, 7) is 0. The third-order valence-corrected chi connectivity index (χ3v) is 11.8. The number of halogens is 2. The Morgan fingerprint density at radius 2 is 0.679 bits per heavy atom. The van der Waals surface area contributed by atoms with Crippen LogP contribution in [0.5, 0.6) is 0 Å². The largest absolute Gasteiger partial charge is 0.268 e. The van der Waals surface area contributed by atoms with Crippen LogP contribution in [0.15, 0.2) is 146 Å². The summed E-state index contributed by atoms with van der Waals surface area (Å²) in [7, 11) is 0. The Kier molecular flexibility index (Phi) is 6.87. The fourth-order valence-corrected chi connectivity index (χ4v) is 9.32. The van der Waals surface area contributed by atoms with Crippen molar-refractivity contribution in [2.45, 2.75) is 0 Å². The highest BCUT2D eigenvalue weighted by atomic mass is 35.5. The second-order valence-electron chi connectivity index (χ2n) is 14.1. The van der Waals surface area contributed by atoms with Gasteiger partial charge in [0.25, 0.3) is 23.6 Å². The number of carbonyl (C=O) groups excluding carboxylic acids is 4. The van der Waals surface area contributed by atoms with Crippen LogP contribution in [-0.2, 0) is 0 Å². The lowest BCUT2D eigenvalue weighted by Gasteiger charge is -2.31. The van der Waals surface area contributed by atoms with E-state index in [0.29, 0.717) is 65.6 Å². The summed E-state index contributed by atoms with van der Waals surface area (Å²) in [6, 6.07) is 44.7. The molecule has 4 amide bonds. The van der Waals surface area contributed by atoms with Crippen molar-refractivity contribution in [3.8, 4) is 22.3 Å². The van der Waals surface area contributed by atoms with Gasteiger partial charge in [0.2, 0.25) is 0 Å². The molecule has 0 radical (unpaired) electrons. The van der Waals surface area contributed by atoms with E-state index in [2.05, 4.69) is 0 Å². The van der Waals surface area contributed by atoms with Crippen LogP contribution in [0.2, 0.25) is 10.0 Å². The van der Waals surface area contributed by atoms with Crippen molar-refractivity contribution < 1.29 is 19.2 Å². The molecule has 2 aliphatic rings. The lowest BCUT2D eigenvalue weighted by Crippen LogP contribution is -2.40. The predicted octanol–water partition coefficient (Wildman–Crippen LogP) is 12.0. The highest BCUT2D eigenvalue weighted by Gasteiger charge is 2.39. The summed E-state index contributed by atoms with van der Waals surface area (Å²) in [4.78, 5) is 59.7. The molecule has 0 atom stereocenters. The molecule has 264 valence electrons. The summed E-state index contributed by atoms with van der Waals surface area (Å²) < 4.78 is 0. The number of hydrogen-bond donors (Lipinski definition) is 0. The van der Waals surface area contributed by atoms with Gasteiger partial charge in [0.15, 0.2) is 0 Å². The van der Waals surface area contributed by atoms with E-state index in [1.54, 1.807) is 48.5 Å². The van der Waals surface area contributed by atoms with Gasteiger partial charge in [-0.05, 0) is 86.9 Å². The lowest BCUT2D eigenvalue weighted by molar-refractivity contribution is 0.0877. The molecule has 2 aliphatic heterocycles. The van der Waals surface area contributed by atoms with Gasteiger partial charge in [-0.3, -0.25) is 19.2 Å². The summed E-state index contributed by atoms with van der Waals surface area (Å²) >= 11 is 14.3. The first-order valence-corrected chi connectivity index (χ1v) is 18.7. The molecule has 0 saturated carbocycles. The van der Waals surface area contributed by atoms with Crippen LogP contribution in [0.3, 0.4) is 0 Å².